The van der Waals surface area contributed by atoms with Crippen LogP contribution in [0.3, 0.4) is 0 Å². The molecule has 2 N–H and O–H groups in total. The number of nitrogens with zero attached hydrogens (tertiary/aromatic N) is 1. The minimum atomic E-state index is -1.04. The minimum Gasteiger partial charge on any atom is -0.480 e. The summed E-state index contributed by atoms with van der Waals surface area (Å²) < 4.78 is 0. The summed E-state index contributed by atoms with van der Waals surface area (Å²) in [6.07, 6.45) is 2.00. The summed E-state index contributed by atoms with van der Waals surface area (Å²) >= 11 is 6.00. The summed E-state index contributed by atoms with van der Waals surface area (Å²) in [6.45, 7) is 0.705. The van der Waals surface area contributed by atoms with E-state index in [0.717, 1.165) is 24.9 Å². The number of likely N-dealkylation sites (tertiary alicyclic amines) is 1. The van der Waals surface area contributed by atoms with Gasteiger partial charge < -0.3 is 10.4 Å². The molecule has 1 amide bonds. The second-order valence-electron chi connectivity index (χ2n) is 4.85. The topological polar surface area (TPSA) is 69.6 Å². The third-order valence-electron chi connectivity index (χ3n) is 3.38. The van der Waals surface area contributed by atoms with Gasteiger partial charge in [0.1, 0.15) is 6.54 Å². The van der Waals surface area contributed by atoms with Gasteiger partial charge in [-0.3, -0.25) is 14.5 Å². The van der Waals surface area contributed by atoms with E-state index in [9.17, 15) is 9.59 Å². The lowest BCUT2D eigenvalue weighted by atomic mass is 10.0. The monoisotopic (exact) mass is 296 g/mol. The Morgan fingerprint density at radius 3 is 2.95 bits per heavy atom. The molecule has 0 spiro atoms. The van der Waals surface area contributed by atoms with E-state index in [4.69, 9.17) is 16.7 Å². The van der Waals surface area contributed by atoms with Crippen molar-refractivity contribution in [2.75, 3.05) is 19.6 Å². The van der Waals surface area contributed by atoms with Crippen LogP contribution in [0.5, 0.6) is 0 Å². The van der Waals surface area contributed by atoms with Crippen LogP contribution in [0, 0.1) is 0 Å². The van der Waals surface area contributed by atoms with E-state index in [-0.39, 0.29) is 25.0 Å². The molecule has 1 saturated heterocycles. The molecular weight excluding hydrogens is 280 g/mol. The molecule has 1 aliphatic rings. The Kier molecular flexibility index (Phi) is 4.98. The summed E-state index contributed by atoms with van der Waals surface area (Å²) in [5, 5.41) is 11.6. The Morgan fingerprint density at radius 1 is 1.45 bits per heavy atom. The minimum absolute atomic E-state index is 0.171. The Bertz CT molecular complexity index is 507. The van der Waals surface area contributed by atoms with Crippen molar-refractivity contribution in [3.05, 3.63) is 34.9 Å². The lowest BCUT2D eigenvalue weighted by Gasteiger charge is -2.24. The number of hydrogen-bond donors (Lipinski definition) is 2. The number of hydrogen-bond acceptors (Lipinski definition) is 3. The van der Waals surface area contributed by atoms with Crippen LogP contribution in [-0.2, 0) is 9.59 Å². The maximum atomic E-state index is 11.7. The third-order valence-corrected chi connectivity index (χ3v) is 3.62. The van der Waals surface area contributed by atoms with Crippen LogP contribution in [0.25, 0.3) is 0 Å². The molecule has 0 bridgehead atoms. The van der Waals surface area contributed by atoms with Crippen LogP contribution < -0.4 is 5.32 Å². The fourth-order valence-corrected chi connectivity index (χ4v) is 2.72. The molecule has 20 heavy (non-hydrogen) atoms. The molecule has 1 fully saturated rings. The van der Waals surface area contributed by atoms with Gasteiger partial charge in [-0.15, -0.1) is 0 Å². The van der Waals surface area contributed by atoms with E-state index in [1.807, 2.05) is 24.3 Å². The van der Waals surface area contributed by atoms with Crippen molar-refractivity contribution in [1.82, 2.24) is 10.2 Å². The van der Waals surface area contributed by atoms with E-state index in [2.05, 4.69) is 10.2 Å². The fourth-order valence-electron chi connectivity index (χ4n) is 2.52. The third kappa shape index (κ3) is 3.95. The van der Waals surface area contributed by atoms with Gasteiger partial charge in [-0.2, -0.15) is 0 Å². The molecule has 108 valence electrons. The van der Waals surface area contributed by atoms with E-state index in [1.165, 1.54) is 0 Å². The molecule has 1 aromatic carbocycles. The number of benzene rings is 1. The summed E-state index contributed by atoms with van der Waals surface area (Å²) in [6, 6.07) is 7.82. The Labute approximate surface area is 122 Å². The molecule has 5 nitrogen and oxygen atoms in total. The zero-order valence-electron chi connectivity index (χ0n) is 11.0. The molecule has 2 rings (SSSR count). The molecule has 1 aliphatic heterocycles. The van der Waals surface area contributed by atoms with Crippen molar-refractivity contribution < 1.29 is 14.7 Å². The second-order valence-corrected chi connectivity index (χ2v) is 5.29. The van der Waals surface area contributed by atoms with Gasteiger partial charge in [0.05, 0.1) is 6.54 Å². The van der Waals surface area contributed by atoms with Crippen LogP contribution in [-0.4, -0.2) is 41.5 Å². The molecule has 0 saturated carbocycles. The van der Waals surface area contributed by atoms with Crippen LogP contribution in [0.1, 0.15) is 24.4 Å². The second kappa shape index (κ2) is 6.72. The standard InChI is InChI=1S/C14H17ClN2O3/c15-11-4-1-3-10(7-11)12-5-2-6-17(12)9-13(18)16-8-14(19)20/h1,3-4,7,12H,2,5-6,8-9H2,(H,16,18)(H,19,20). The van der Waals surface area contributed by atoms with Gasteiger partial charge in [0.15, 0.2) is 0 Å². The first-order chi connectivity index (χ1) is 9.56. The number of rotatable bonds is 5. The number of carbonyl (C=O) groups is 2. The summed E-state index contributed by atoms with van der Waals surface area (Å²) in [5.74, 6) is -1.30. The van der Waals surface area contributed by atoms with Crippen LogP contribution in [0.15, 0.2) is 24.3 Å². The van der Waals surface area contributed by atoms with Crippen LogP contribution in [0.4, 0.5) is 0 Å². The number of aliphatic carboxylic acids is 1. The van der Waals surface area contributed by atoms with E-state index in [0.29, 0.717) is 5.02 Å². The van der Waals surface area contributed by atoms with Gasteiger partial charge in [-0.1, -0.05) is 23.7 Å². The fraction of sp³-hybridized carbons (Fsp3) is 0.429. The number of carboxylic acid groups (broad SMARTS) is 1. The van der Waals surface area contributed by atoms with E-state index in [1.54, 1.807) is 0 Å². The average Bonchev–Trinajstić information content (AvgIpc) is 2.84. The summed E-state index contributed by atoms with van der Waals surface area (Å²) in [4.78, 5) is 24.2. The number of carboxylic acids is 1. The molecule has 0 aromatic heterocycles. The van der Waals surface area contributed by atoms with Crippen molar-refractivity contribution in [3.8, 4) is 0 Å². The highest BCUT2D eigenvalue weighted by Gasteiger charge is 2.27. The predicted molar refractivity (Wildman–Crippen MR) is 75.6 cm³/mol. The molecule has 1 atom stereocenters. The molecule has 6 heteroatoms. The quantitative estimate of drug-likeness (QED) is 0.867. The Balaban J connectivity index is 1.97. The molecular formula is C14H17ClN2O3. The van der Waals surface area contributed by atoms with Crippen LogP contribution in [0.2, 0.25) is 5.02 Å². The largest absolute Gasteiger partial charge is 0.480 e. The highest BCUT2D eigenvalue weighted by molar-refractivity contribution is 6.30. The Hall–Kier alpha value is -1.59. The average molecular weight is 297 g/mol. The van der Waals surface area contributed by atoms with Gasteiger partial charge >= 0.3 is 5.97 Å². The number of amides is 1. The number of halogens is 1. The molecule has 1 aromatic rings. The van der Waals surface area contributed by atoms with Crippen molar-refractivity contribution in [3.63, 3.8) is 0 Å². The van der Waals surface area contributed by atoms with Crippen molar-refractivity contribution in [1.29, 1.82) is 0 Å². The van der Waals surface area contributed by atoms with E-state index >= 15 is 0 Å². The van der Waals surface area contributed by atoms with E-state index < -0.39 is 5.97 Å². The zero-order chi connectivity index (χ0) is 14.5. The van der Waals surface area contributed by atoms with Gasteiger partial charge in [0, 0.05) is 11.1 Å². The maximum Gasteiger partial charge on any atom is 0.322 e. The predicted octanol–water partition coefficient (Wildman–Crippen LogP) is 1.68. The lowest BCUT2D eigenvalue weighted by Crippen LogP contribution is -2.39. The zero-order valence-corrected chi connectivity index (χ0v) is 11.8. The van der Waals surface area contributed by atoms with Gasteiger partial charge in [-0.05, 0) is 37.1 Å². The van der Waals surface area contributed by atoms with Gasteiger partial charge in [0.25, 0.3) is 0 Å². The van der Waals surface area contributed by atoms with Gasteiger partial charge in [-0.25, -0.2) is 0 Å². The molecule has 1 heterocycles. The van der Waals surface area contributed by atoms with Crippen LogP contribution >= 0.6 is 11.6 Å². The first-order valence-corrected chi connectivity index (χ1v) is 6.92. The SMILES string of the molecule is O=C(O)CNC(=O)CN1CCCC1c1cccc(Cl)c1. The normalized spacial score (nSPS) is 18.9. The van der Waals surface area contributed by atoms with Crippen molar-refractivity contribution in [2.24, 2.45) is 0 Å². The first kappa shape index (κ1) is 14.8. The summed E-state index contributed by atoms with van der Waals surface area (Å²) in [5.41, 5.74) is 1.10. The smallest absolute Gasteiger partial charge is 0.322 e. The highest BCUT2D eigenvalue weighted by Crippen LogP contribution is 2.32. The maximum absolute atomic E-state index is 11.7. The van der Waals surface area contributed by atoms with Crippen molar-refractivity contribution in [2.45, 2.75) is 18.9 Å². The first-order valence-electron chi connectivity index (χ1n) is 6.54. The molecule has 0 aliphatic carbocycles. The highest BCUT2D eigenvalue weighted by atomic mass is 35.5. The van der Waals surface area contributed by atoms with Crippen molar-refractivity contribution >= 4 is 23.5 Å². The lowest BCUT2D eigenvalue weighted by molar-refractivity contribution is -0.138. The molecule has 1 unspecified atom stereocenters. The molecule has 0 radical (unpaired) electrons. The number of nitrogens with one attached hydrogen (secondary N) is 1. The van der Waals surface area contributed by atoms with Gasteiger partial charge in [0.2, 0.25) is 5.91 Å². The summed E-state index contributed by atoms with van der Waals surface area (Å²) in [7, 11) is 0. The number of carbonyl (C=O) groups excluding carboxylic acids is 1. The Morgan fingerprint density at radius 2 is 2.25 bits per heavy atom.